The SMILES string of the molecule is CC(C)(C)C1C=C(C(=O)CBr)C=CC1(O)C(C)(C)C. The van der Waals surface area contributed by atoms with Crippen LogP contribution in [0.2, 0.25) is 0 Å². The standard InChI is InChI=1S/C16H25BrO2/c1-14(2,3)13-9-11(12(18)10-17)7-8-16(13,19)15(4,5)6/h7-9,13,19H,10H2,1-6H3. The predicted octanol–water partition coefficient (Wildman–Crippen LogP) is 3.89. The van der Waals surface area contributed by atoms with E-state index in [9.17, 15) is 9.90 Å². The highest BCUT2D eigenvalue weighted by atomic mass is 79.9. The van der Waals surface area contributed by atoms with Crippen LogP contribution in [0.3, 0.4) is 0 Å². The Bertz CT molecular complexity index is 421. The first-order chi connectivity index (χ1) is 8.43. The highest BCUT2D eigenvalue weighted by Crippen LogP contribution is 2.48. The number of hydrogen-bond donors (Lipinski definition) is 1. The number of carbonyl (C=O) groups is 1. The van der Waals surface area contributed by atoms with Gasteiger partial charge in [0.2, 0.25) is 0 Å². The summed E-state index contributed by atoms with van der Waals surface area (Å²) in [4.78, 5) is 11.9. The number of hydrogen-bond acceptors (Lipinski definition) is 2. The highest BCUT2D eigenvalue weighted by Gasteiger charge is 2.49. The molecule has 108 valence electrons. The lowest BCUT2D eigenvalue weighted by atomic mass is 9.59. The molecule has 0 bridgehead atoms. The van der Waals surface area contributed by atoms with E-state index in [1.165, 1.54) is 0 Å². The van der Waals surface area contributed by atoms with Crippen LogP contribution in [0.25, 0.3) is 0 Å². The summed E-state index contributed by atoms with van der Waals surface area (Å²) in [5.74, 6) is -0.0375. The van der Waals surface area contributed by atoms with Crippen molar-refractivity contribution in [1.82, 2.24) is 0 Å². The molecule has 2 atom stereocenters. The van der Waals surface area contributed by atoms with Crippen molar-refractivity contribution in [3.05, 3.63) is 23.8 Å². The minimum absolute atomic E-state index is 0.0569. The minimum Gasteiger partial charge on any atom is -0.385 e. The second-order valence-electron chi connectivity index (χ2n) is 7.43. The Kier molecular flexibility index (Phi) is 4.53. The fraction of sp³-hybridized carbons (Fsp3) is 0.688. The van der Waals surface area contributed by atoms with E-state index in [4.69, 9.17) is 0 Å². The molecule has 0 saturated heterocycles. The van der Waals surface area contributed by atoms with Gasteiger partial charge in [-0.25, -0.2) is 0 Å². The molecule has 0 aromatic heterocycles. The Morgan fingerprint density at radius 2 is 1.84 bits per heavy atom. The third-order valence-electron chi connectivity index (χ3n) is 3.92. The van der Waals surface area contributed by atoms with Crippen LogP contribution in [0, 0.1) is 16.7 Å². The van der Waals surface area contributed by atoms with Crippen LogP contribution < -0.4 is 0 Å². The molecule has 19 heavy (non-hydrogen) atoms. The molecule has 0 aromatic rings. The molecule has 1 rings (SSSR count). The van der Waals surface area contributed by atoms with Crippen LogP contribution >= 0.6 is 15.9 Å². The summed E-state index contributed by atoms with van der Waals surface area (Å²) in [5, 5.41) is 11.4. The maximum Gasteiger partial charge on any atom is 0.173 e. The van der Waals surface area contributed by atoms with Gasteiger partial charge in [-0.2, -0.15) is 0 Å². The lowest BCUT2D eigenvalue weighted by Gasteiger charge is -2.49. The number of aliphatic hydroxyl groups is 1. The molecule has 0 amide bonds. The van der Waals surface area contributed by atoms with Gasteiger partial charge in [-0.1, -0.05) is 75.7 Å². The largest absolute Gasteiger partial charge is 0.385 e. The van der Waals surface area contributed by atoms with Crippen LogP contribution in [0.5, 0.6) is 0 Å². The fourth-order valence-corrected chi connectivity index (χ4v) is 2.90. The van der Waals surface area contributed by atoms with Gasteiger partial charge in [0.25, 0.3) is 0 Å². The highest BCUT2D eigenvalue weighted by molar-refractivity contribution is 9.09. The van der Waals surface area contributed by atoms with E-state index in [0.717, 1.165) is 0 Å². The first-order valence-electron chi connectivity index (χ1n) is 6.66. The van der Waals surface area contributed by atoms with Gasteiger partial charge in [-0.15, -0.1) is 0 Å². The van der Waals surface area contributed by atoms with Gasteiger partial charge in [0.1, 0.15) is 0 Å². The van der Waals surface area contributed by atoms with E-state index in [1.807, 2.05) is 26.8 Å². The Morgan fingerprint density at radius 3 is 2.21 bits per heavy atom. The average molecular weight is 329 g/mol. The zero-order chi connectivity index (χ0) is 15.1. The Hall–Kier alpha value is -0.410. The van der Waals surface area contributed by atoms with Gasteiger partial charge >= 0.3 is 0 Å². The van der Waals surface area contributed by atoms with E-state index in [0.29, 0.717) is 10.9 Å². The molecule has 0 radical (unpaired) electrons. The molecule has 0 fully saturated rings. The Balaban J connectivity index is 3.32. The van der Waals surface area contributed by atoms with E-state index in [1.54, 1.807) is 12.2 Å². The van der Waals surface area contributed by atoms with Gasteiger partial charge in [-0.05, 0) is 10.8 Å². The third-order valence-corrected chi connectivity index (χ3v) is 4.42. The normalized spacial score (nSPS) is 28.2. The summed E-state index contributed by atoms with van der Waals surface area (Å²) in [6.07, 6.45) is 5.50. The molecule has 3 heteroatoms. The van der Waals surface area contributed by atoms with Gasteiger partial charge in [-0.3, -0.25) is 4.79 Å². The molecule has 0 spiro atoms. The summed E-state index contributed by atoms with van der Waals surface area (Å²) in [5.41, 5.74) is -0.668. The van der Waals surface area contributed by atoms with Gasteiger partial charge in [0.05, 0.1) is 10.9 Å². The zero-order valence-corrected chi connectivity index (χ0v) is 14.3. The topological polar surface area (TPSA) is 37.3 Å². The van der Waals surface area contributed by atoms with Crippen molar-refractivity contribution in [3.63, 3.8) is 0 Å². The number of ketones is 1. The van der Waals surface area contributed by atoms with Crippen LogP contribution in [-0.2, 0) is 4.79 Å². The van der Waals surface area contributed by atoms with Crippen LogP contribution in [0.15, 0.2) is 23.8 Å². The molecule has 2 nitrogen and oxygen atoms in total. The summed E-state index contributed by atoms with van der Waals surface area (Å²) in [7, 11) is 0. The maximum absolute atomic E-state index is 11.9. The van der Waals surface area contributed by atoms with Crippen molar-refractivity contribution in [2.45, 2.75) is 47.1 Å². The zero-order valence-electron chi connectivity index (χ0n) is 12.7. The maximum atomic E-state index is 11.9. The molecule has 2 unspecified atom stereocenters. The summed E-state index contributed by atoms with van der Waals surface area (Å²) in [6.45, 7) is 12.4. The Morgan fingerprint density at radius 1 is 1.32 bits per heavy atom. The summed E-state index contributed by atoms with van der Waals surface area (Å²) in [6, 6.07) is 0. The quantitative estimate of drug-likeness (QED) is 0.781. The van der Waals surface area contributed by atoms with Crippen LogP contribution in [-0.4, -0.2) is 21.8 Å². The average Bonchev–Trinajstić information content (AvgIpc) is 2.25. The number of rotatable bonds is 2. The van der Waals surface area contributed by atoms with Gasteiger partial charge in [0.15, 0.2) is 5.78 Å². The number of halogens is 1. The van der Waals surface area contributed by atoms with Crippen LogP contribution in [0.1, 0.15) is 41.5 Å². The Labute approximate surface area is 125 Å². The van der Waals surface area contributed by atoms with Gasteiger partial charge < -0.3 is 5.11 Å². The van der Waals surface area contributed by atoms with E-state index >= 15 is 0 Å². The van der Waals surface area contributed by atoms with Gasteiger partial charge in [0, 0.05) is 11.5 Å². The first-order valence-corrected chi connectivity index (χ1v) is 7.78. The third kappa shape index (κ3) is 3.19. The number of carbonyl (C=O) groups excluding carboxylic acids is 1. The van der Waals surface area contributed by atoms with Crippen LogP contribution in [0.4, 0.5) is 0 Å². The monoisotopic (exact) mass is 328 g/mol. The fourth-order valence-electron chi connectivity index (χ4n) is 2.57. The molecule has 0 aliphatic heterocycles. The second kappa shape index (κ2) is 5.17. The predicted molar refractivity (Wildman–Crippen MR) is 83.4 cm³/mol. The molecular formula is C16H25BrO2. The second-order valence-corrected chi connectivity index (χ2v) is 7.99. The summed E-state index contributed by atoms with van der Waals surface area (Å²) >= 11 is 3.20. The van der Waals surface area contributed by atoms with Crippen molar-refractivity contribution < 1.29 is 9.90 Å². The number of Topliss-reactive ketones (excluding diaryl/α,β-unsaturated/α-hetero) is 1. The molecule has 1 aliphatic rings. The molecule has 1 aliphatic carbocycles. The lowest BCUT2D eigenvalue weighted by Crippen LogP contribution is -2.52. The number of alkyl halides is 1. The smallest absolute Gasteiger partial charge is 0.173 e. The molecule has 0 aromatic carbocycles. The molecule has 0 heterocycles. The lowest BCUT2D eigenvalue weighted by molar-refractivity contribution is -0.113. The summed E-state index contributed by atoms with van der Waals surface area (Å²) < 4.78 is 0. The van der Waals surface area contributed by atoms with Crippen molar-refractivity contribution in [3.8, 4) is 0 Å². The van der Waals surface area contributed by atoms with Crippen molar-refractivity contribution in [2.24, 2.45) is 16.7 Å². The number of allylic oxidation sites excluding steroid dienone is 2. The molecular weight excluding hydrogens is 304 g/mol. The van der Waals surface area contributed by atoms with Crippen molar-refractivity contribution in [1.29, 1.82) is 0 Å². The molecule has 1 N–H and O–H groups in total. The van der Waals surface area contributed by atoms with Crippen molar-refractivity contribution in [2.75, 3.05) is 5.33 Å². The van der Waals surface area contributed by atoms with Crippen molar-refractivity contribution >= 4 is 21.7 Å². The van der Waals surface area contributed by atoms with E-state index < -0.39 is 5.60 Å². The molecule has 0 saturated carbocycles. The minimum atomic E-state index is -0.943. The first kappa shape index (κ1) is 16.6. The van der Waals surface area contributed by atoms with E-state index in [-0.39, 0.29) is 22.5 Å². The van der Waals surface area contributed by atoms with E-state index in [2.05, 4.69) is 36.7 Å².